The number of nitrogens with zero attached hydrogens (tertiary/aromatic N) is 1. The first-order valence-electron chi connectivity index (χ1n) is 6.67. The molecule has 0 fully saturated rings. The standard InChI is InChI=1S/C17H16N2O2/c1-11-15(16(20)12-6-8-13(18)9-7-12)19-10-4-3-5-14(19)17(11)21-2/h3-10H,18H2,1-2H3. The summed E-state index contributed by atoms with van der Waals surface area (Å²) in [6.07, 6.45) is 1.87. The van der Waals surface area contributed by atoms with Crippen molar-refractivity contribution in [2.24, 2.45) is 0 Å². The summed E-state index contributed by atoms with van der Waals surface area (Å²) in [6, 6.07) is 12.7. The van der Waals surface area contributed by atoms with Gasteiger partial charge in [-0.3, -0.25) is 4.79 Å². The van der Waals surface area contributed by atoms with Crippen LogP contribution in [0.1, 0.15) is 21.6 Å². The van der Waals surface area contributed by atoms with Gasteiger partial charge in [0.2, 0.25) is 5.78 Å². The lowest BCUT2D eigenvalue weighted by molar-refractivity contribution is 0.103. The summed E-state index contributed by atoms with van der Waals surface area (Å²) < 4.78 is 7.32. The Hall–Kier alpha value is -2.75. The molecule has 1 aromatic carbocycles. The van der Waals surface area contributed by atoms with Crippen molar-refractivity contribution in [1.82, 2.24) is 4.40 Å². The monoisotopic (exact) mass is 280 g/mol. The number of ketones is 1. The summed E-state index contributed by atoms with van der Waals surface area (Å²) in [6.45, 7) is 1.90. The van der Waals surface area contributed by atoms with Gasteiger partial charge in [0, 0.05) is 23.0 Å². The van der Waals surface area contributed by atoms with Crippen molar-refractivity contribution in [3.05, 3.63) is 65.5 Å². The van der Waals surface area contributed by atoms with Gasteiger partial charge in [-0.15, -0.1) is 0 Å². The number of hydrogen-bond donors (Lipinski definition) is 1. The molecule has 0 atom stereocenters. The minimum Gasteiger partial charge on any atom is -0.494 e. The van der Waals surface area contributed by atoms with E-state index in [0.29, 0.717) is 16.9 Å². The molecular formula is C17H16N2O2. The Bertz CT molecular complexity index is 817. The third-order valence-electron chi connectivity index (χ3n) is 3.62. The summed E-state index contributed by atoms with van der Waals surface area (Å²) in [5.74, 6) is 0.686. The Balaban J connectivity index is 2.22. The second-order valence-corrected chi connectivity index (χ2v) is 4.91. The predicted octanol–water partition coefficient (Wildman–Crippen LogP) is 3.07. The molecule has 0 bridgehead atoms. The van der Waals surface area contributed by atoms with E-state index >= 15 is 0 Å². The highest BCUT2D eigenvalue weighted by molar-refractivity contribution is 6.10. The topological polar surface area (TPSA) is 56.7 Å². The highest BCUT2D eigenvalue weighted by Crippen LogP contribution is 2.31. The number of benzene rings is 1. The second kappa shape index (κ2) is 4.98. The van der Waals surface area contributed by atoms with Gasteiger partial charge >= 0.3 is 0 Å². The molecule has 3 rings (SSSR count). The van der Waals surface area contributed by atoms with Crippen LogP contribution in [0, 0.1) is 6.92 Å². The van der Waals surface area contributed by atoms with E-state index in [-0.39, 0.29) is 5.78 Å². The van der Waals surface area contributed by atoms with Gasteiger partial charge in [-0.05, 0) is 43.3 Å². The number of aromatic nitrogens is 1. The van der Waals surface area contributed by atoms with Crippen LogP contribution in [-0.4, -0.2) is 17.3 Å². The van der Waals surface area contributed by atoms with Gasteiger partial charge in [-0.2, -0.15) is 0 Å². The normalized spacial score (nSPS) is 10.8. The van der Waals surface area contributed by atoms with E-state index < -0.39 is 0 Å². The number of anilines is 1. The largest absolute Gasteiger partial charge is 0.494 e. The summed E-state index contributed by atoms with van der Waals surface area (Å²) >= 11 is 0. The van der Waals surface area contributed by atoms with Crippen LogP contribution >= 0.6 is 0 Å². The third kappa shape index (κ3) is 2.05. The fourth-order valence-electron chi connectivity index (χ4n) is 2.61. The van der Waals surface area contributed by atoms with Gasteiger partial charge < -0.3 is 14.9 Å². The summed E-state index contributed by atoms with van der Waals surface area (Å²) in [5.41, 5.74) is 9.27. The second-order valence-electron chi connectivity index (χ2n) is 4.91. The van der Waals surface area contributed by atoms with E-state index in [9.17, 15) is 4.79 Å². The summed E-state index contributed by atoms with van der Waals surface area (Å²) in [5, 5.41) is 0. The molecule has 2 aromatic heterocycles. The van der Waals surface area contributed by atoms with E-state index in [1.165, 1.54) is 0 Å². The number of nitrogen functional groups attached to an aromatic ring is 1. The minimum atomic E-state index is -0.0444. The van der Waals surface area contributed by atoms with Gasteiger partial charge in [0.05, 0.1) is 12.6 Å². The molecule has 4 heteroatoms. The molecule has 2 heterocycles. The Labute approximate surface area is 122 Å². The average molecular weight is 280 g/mol. The number of ether oxygens (including phenoxy) is 1. The molecule has 3 aromatic rings. The van der Waals surface area contributed by atoms with Crippen molar-refractivity contribution < 1.29 is 9.53 Å². The molecule has 0 aliphatic rings. The number of carbonyl (C=O) groups is 1. The Kier molecular flexibility index (Phi) is 3.14. The maximum atomic E-state index is 12.8. The van der Waals surface area contributed by atoms with Crippen LogP contribution in [0.5, 0.6) is 5.75 Å². The molecule has 0 radical (unpaired) electrons. The molecule has 0 saturated carbocycles. The highest BCUT2D eigenvalue weighted by atomic mass is 16.5. The van der Waals surface area contributed by atoms with Crippen LogP contribution in [0.15, 0.2) is 48.7 Å². The van der Waals surface area contributed by atoms with Crippen LogP contribution in [0.25, 0.3) is 5.52 Å². The van der Waals surface area contributed by atoms with E-state index in [1.54, 1.807) is 31.4 Å². The molecule has 2 N–H and O–H groups in total. The third-order valence-corrected chi connectivity index (χ3v) is 3.62. The maximum Gasteiger partial charge on any atom is 0.210 e. The van der Waals surface area contributed by atoms with Crippen molar-refractivity contribution in [3.8, 4) is 5.75 Å². The zero-order valence-corrected chi connectivity index (χ0v) is 12.0. The van der Waals surface area contributed by atoms with E-state index in [1.807, 2.05) is 35.7 Å². The molecule has 4 nitrogen and oxygen atoms in total. The number of rotatable bonds is 3. The number of hydrogen-bond acceptors (Lipinski definition) is 3. The molecule has 0 aliphatic heterocycles. The molecule has 21 heavy (non-hydrogen) atoms. The summed E-state index contributed by atoms with van der Waals surface area (Å²) in [7, 11) is 1.62. The molecule has 0 spiro atoms. The van der Waals surface area contributed by atoms with Crippen LogP contribution in [0.2, 0.25) is 0 Å². The molecule has 0 unspecified atom stereocenters. The van der Waals surface area contributed by atoms with Gasteiger partial charge in [-0.25, -0.2) is 0 Å². The SMILES string of the molecule is COc1c(C)c(C(=O)c2ccc(N)cc2)n2ccccc12. The van der Waals surface area contributed by atoms with E-state index in [0.717, 1.165) is 16.8 Å². The van der Waals surface area contributed by atoms with Crippen molar-refractivity contribution >= 4 is 17.0 Å². The van der Waals surface area contributed by atoms with E-state index in [2.05, 4.69) is 0 Å². The molecule has 0 amide bonds. The zero-order chi connectivity index (χ0) is 15.0. The van der Waals surface area contributed by atoms with Crippen LogP contribution in [0.4, 0.5) is 5.69 Å². The van der Waals surface area contributed by atoms with Crippen LogP contribution in [0.3, 0.4) is 0 Å². The highest BCUT2D eigenvalue weighted by Gasteiger charge is 2.21. The number of pyridine rings is 1. The number of methoxy groups -OCH3 is 1. The smallest absolute Gasteiger partial charge is 0.210 e. The Morgan fingerprint density at radius 2 is 1.86 bits per heavy atom. The van der Waals surface area contributed by atoms with Crippen molar-refractivity contribution in [1.29, 1.82) is 0 Å². The quantitative estimate of drug-likeness (QED) is 0.592. The molecule has 0 aliphatic carbocycles. The maximum absolute atomic E-state index is 12.8. The van der Waals surface area contributed by atoms with Gasteiger partial charge in [0.25, 0.3) is 0 Å². The molecular weight excluding hydrogens is 264 g/mol. The first kappa shape index (κ1) is 13.2. The first-order valence-corrected chi connectivity index (χ1v) is 6.67. The van der Waals surface area contributed by atoms with Crippen molar-refractivity contribution in [2.45, 2.75) is 6.92 Å². The predicted molar refractivity (Wildman–Crippen MR) is 83.0 cm³/mol. The fraction of sp³-hybridized carbons (Fsp3) is 0.118. The average Bonchev–Trinajstić information content (AvgIpc) is 2.78. The summed E-state index contributed by atoms with van der Waals surface area (Å²) in [4.78, 5) is 12.8. The van der Waals surface area contributed by atoms with Crippen LogP contribution < -0.4 is 10.5 Å². The van der Waals surface area contributed by atoms with Crippen molar-refractivity contribution in [2.75, 3.05) is 12.8 Å². The van der Waals surface area contributed by atoms with Gasteiger partial charge in [-0.1, -0.05) is 6.07 Å². The molecule has 0 saturated heterocycles. The molecule has 106 valence electrons. The first-order chi connectivity index (χ1) is 10.1. The lowest BCUT2D eigenvalue weighted by Gasteiger charge is -2.04. The van der Waals surface area contributed by atoms with Crippen molar-refractivity contribution in [3.63, 3.8) is 0 Å². The lowest BCUT2D eigenvalue weighted by Crippen LogP contribution is -2.07. The number of nitrogens with two attached hydrogens (primary N) is 1. The van der Waals surface area contributed by atoms with Crippen LogP contribution in [-0.2, 0) is 0 Å². The number of carbonyl (C=O) groups excluding carboxylic acids is 1. The number of fused-ring (bicyclic) bond motifs is 1. The van der Waals surface area contributed by atoms with Gasteiger partial charge in [0.1, 0.15) is 11.4 Å². The zero-order valence-electron chi connectivity index (χ0n) is 12.0. The van der Waals surface area contributed by atoms with Gasteiger partial charge in [0.15, 0.2) is 0 Å². The Morgan fingerprint density at radius 1 is 1.14 bits per heavy atom. The Morgan fingerprint density at radius 3 is 2.52 bits per heavy atom. The minimum absolute atomic E-state index is 0.0444. The van der Waals surface area contributed by atoms with E-state index in [4.69, 9.17) is 10.5 Å². The fourth-order valence-corrected chi connectivity index (χ4v) is 2.61. The lowest BCUT2D eigenvalue weighted by atomic mass is 10.1.